The minimum Gasteiger partial charge on any atom is -0.496 e. The average Bonchev–Trinajstić information content (AvgIpc) is 2.92. The van der Waals surface area contributed by atoms with Gasteiger partial charge in [-0.15, -0.1) is 0 Å². The Morgan fingerprint density at radius 3 is 2.62 bits per heavy atom. The Bertz CT molecular complexity index is 477. The third kappa shape index (κ3) is 1.81. The lowest BCUT2D eigenvalue weighted by atomic mass is 10.1. The molecule has 1 aromatic carbocycles. The van der Waals surface area contributed by atoms with Gasteiger partial charge >= 0.3 is 0 Å². The molecule has 1 heteroatoms. The largest absolute Gasteiger partial charge is 0.496 e. The van der Waals surface area contributed by atoms with Crippen LogP contribution in [0.4, 0.5) is 0 Å². The van der Waals surface area contributed by atoms with Gasteiger partial charge in [-0.2, -0.15) is 0 Å². The Morgan fingerprint density at radius 1 is 1.06 bits per heavy atom. The number of fused-ring (bicyclic) bond motifs is 2. The van der Waals surface area contributed by atoms with E-state index in [0.717, 1.165) is 12.8 Å². The van der Waals surface area contributed by atoms with Gasteiger partial charge in [-0.05, 0) is 29.6 Å². The molecule has 0 atom stereocenters. The second kappa shape index (κ2) is 4.01. The van der Waals surface area contributed by atoms with E-state index in [1.165, 1.54) is 22.3 Å². The van der Waals surface area contributed by atoms with Crippen LogP contribution in [0, 0.1) is 0 Å². The maximum absolute atomic E-state index is 5.63. The molecule has 0 N–H and O–H groups in total. The molecule has 0 amide bonds. The first-order chi connectivity index (χ1) is 7.92. The van der Waals surface area contributed by atoms with Crippen LogP contribution in [0.25, 0.3) is 0 Å². The molecule has 1 saturated carbocycles. The van der Waals surface area contributed by atoms with Crippen LogP contribution in [0.2, 0.25) is 0 Å². The Labute approximate surface area is 95.7 Å². The zero-order valence-corrected chi connectivity index (χ0v) is 9.15. The first-order valence-electron chi connectivity index (χ1n) is 5.65. The molecular weight excluding hydrogens is 196 g/mol. The lowest BCUT2D eigenvalue weighted by Crippen LogP contribution is -1.88. The van der Waals surface area contributed by atoms with Gasteiger partial charge < -0.3 is 4.74 Å². The molecule has 0 saturated heterocycles. The molecule has 80 valence electrons. The number of rotatable bonds is 3. The quantitative estimate of drug-likeness (QED) is 0.690. The summed E-state index contributed by atoms with van der Waals surface area (Å²) in [7, 11) is 0. The Hall–Kier alpha value is -1.76. The molecule has 1 fully saturated rings. The van der Waals surface area contributed by atoms with Crippen molar-refractivity contribution in [1.82, 2.24) is 0 Å². The van der Waals surface area contributed by atoms with Gasteiger partial charge in [0.2, 0.25) is 0 Å². The number of ether oxygens (including phenoxy) is 1. The topological polar surface area (TPSA) is 9.23 Å². The van der Waals surface area contributed by atoms with Crippen molar-refractivity contribution in [3.8, 4) is 0 Å². The fourth-order valence-electron chi connectivity index (χ4n) is 2.21. The molecule has 2 bridgehead atoms. The number of allylic oxidation sites excluding steroid dienone is 5. The monoisotopic (exact) mass is 210 g/mol. The fourth-order valence-corrected chi connectivity index (χ4v) is 2.21. The molecule has 16 heavy (non-hydrogen) atoms. The van der Waals surface area contributed by atoms with E-state index in [2.05, 4.69) is 24.3 Å². The van der Waals surface area contributed by atoms with Gasteiger partial charge in [-0.3, -0.25) is 0 Å². The zero-order valence-electron chi connectivity index (χ0n) is 9.15. The van der Waals surface area contributed by atoms with Crippen molar-refractivity contribution in [2.75, 3.05) is 0 Å². The van der Waals surface area contributed by atoms with Crippen molar-refractivity contribution >= 4 is 0 Å². The van der Waals surface area contributed by atoms with E-state index in [1.807, 2.05) is 24.5 Å². The van der Waals surface area contributed by atoms with Crippen molar-refractivity contribution in [3.63, 3.8) is 0 Å². The number of benzene rings is 1. The van der Waals surface area contributed by atoms with Gasteiger partial charge in [0.25, 0.3) is 0 Å². The van der Waals surface area contributed by atoms with E-state index in [9.17, 15) is 0 Å². The van der Waals surface area contributed by atoms with Crippen LogP contribution in [0.15, 0.2) is 65.5 Å². The smallest absolute Gasteiger partial charge is 0.112 e. The summed E-state index contributed by atoms with van der Waals surface area (Å²) in [5.41, 5.74) is 5.52. The highest BCUT2D eigenvalue weighted by Gasteiger charge is 2.21. The van der Waals surface area contributed by atoms with E-state index < -0.39 is 0 Å². The van der Waals surface area contributed by atoms with Crippen LogP contribution >= 0.6 is 0 Å². The molecule has 2 aliphatic rings. The third-order valence-corrected chi connectivity index (χ3v) is 3.09. The molecule has 3 rings (SSSR count). The van der Waals surface area contributed by atoms with E-state index in [1.54, 1.807) is 0 Å². The molecule has 1 nitrogen and oxygen atoms in total. The summed E-state index contributed by atoms with van der Waals surface area (Å²) in [4.78, 5) is 0. The predicted molar refractivity (Wildman–Crippen MR) is 64.7 cm³/mol. The maximum atomic E-state index is 5.63. The van der Waals surface area contributed by atoms with Crippen molar-refractivity contribution in [3.05, 3.63) is 71.0 Å². The minimum atomic E-state index is 0.663. The zero-order chi connectivity index (χ0) is 10.8. The van der Waals surface area contributed by atoms with Gasteiger partial charge in [-0.1, -0.05) is 48.1 Å². The van der Waals surface area contributed by atoms with E-state index in [-0.39, 0.29) is 0 Å². The van der Waals surface area contributed by atoms with Gasteiger partial charge in [0.15, 0.2) is 0 Å². The standard InChI is InChI=1S/C15H14O/c1-2-4-12(5-3-1)10-16-11-15-9-13-6-7-14(15)8-13/h1-7,11H,8-10H2. The molecule has 0 unspecified atom stereocenters. The van der Waals surface area contributed by atoms with Crippen molar-refractivity contribution < 1.29 is 4.74 Å². The van der Waals surface area contributed by atoms with Crippen LogP contribution < -0.4 is 0 Å². The molecule has 0 aliphatic heterocycles. The van der Waals surface area contributed by atoms with Crippen LogP contribution in [0.1, 0.15) is 18.4 Å². The molecule has 1 aromatic rings. The summed E-state index contributed by atoms with van der Waals surface area (Å²) in [6.45, 7) is 0.663. The van der Waals surface area contributed by atoms with E-state index >= 15 is 0 Å². The number of hydrogen-bond donors (Lipinski definition) is 0. The van der Waals surface area contributed by atoms with E-state index in [4.69, 9.17) is 4.74 Å². The molecule has 0 radical (unpaired) electrons. The van der Waals surface area contributed by atoms with Crippen molar-refractivity contribution in [2.45, 2.75) is 19.4 Å². The van der Waals surface area contributed by atoms with Gasteiger partial charge in [0, 0.05) is 0 Å². The lowest BCUT2D eigenvalue weighted by Gasteiger charge is -2.04. The summed E-state index contributed by atoms with van der Waals surface area (Å²) in [6.07, 6.45) is 8.58. The average molecular weight is 210 g/mol. The summed E-state index contributed by atoms with van der Waals surface area (Å²) in [5, 5.41) is 0. The van der Waals surface area contributed by atoms with E-state index in [0.29, 0.717) is 6.61 Å². The van der Waals surface area contributed by atoms with Gasteiger partial charge in [0.1, 0.15) is 6.61 Å². The number of hydrogen-bond acceptors (Lipinski definition) is 1. The van der Waals surface area contributed by atoms with Crippen LogP contribution in [-0.4, -0.2) is 0 Å². The van der Waals surface area contributed by atoms with Crippen LogP contribution in [0.5, 0.6) is 0 Å². The summed E-state index contributed by atoms with van der Waals surface area (Å²) >= 11 is 0. The Balaban J connectivity index is 1.60. The molecular formula is C15H14O. The van der Waals surface area contributed by atoms with Crippen molar-refractivity contribution in [1.29, 1.82) is 0 Å². The minimum absolute atomic E-state index is 0.663. The highest BCUT2D eigenvalue weighted by atomic mass is 16.5. The maximum Gasteiger partial charge on any atom is 0.112 e. The molecule has 0 spiro atoms. The summed E-state index contributed by atoms with van der Waals surface area (Å²) < 4.78 is 5.63. The fraction of sp³-hybridized carbons (Fsp3) is 0.200. The first kappa shape index (κ1) is 9.46. The van der Waals surface area contributed by atoms with Crippen LogP contribution in [-0.2, 0) is 11.3 Å². The normalized spacial score (nSPS) is 19.9. The van der Waals surface area contributed by atoms with Gasteiger partial charge in [-0.25, -0.2) is 0 Å². The predicted octanol–water partition coefficient (Wildman–Crippen LogP) is 3.75. The highest BCUT2D eigenvalue weighted by molar-refractivity contribution is 5.51. The lowest BCUT2D eigenvalue weighted by molar-refractivity contribution is 0.234. The highest BCUT2D eigenvalue weighted by Crippen LogP contribution is 2.39. The molecule has 0 heterocycles. The second-order valence-corrected chi connectivity index (χ2v) is 4.31. The summed E-state index contributed by atoms with van der Waals surface area (Å²) in [5.74, 6) is 0. The molecule has 2 aliphatic carbocycles. The third-order valence-electron chi connectivity index (χ3n) is 3.09. The SMILES string of the molecule is C1=C2CC(=C1)C(=COCc1ccccc1)C2. The Kier molecular flexibility index (Phi) is 2.37. The first-order valence-corrected chi connectivity index (χ1v) is 5.65. The summed E-state index contributed by atoms with van der Waals surface area (Å²) in [6, 6.07) is 10.3. The van der Waals surface area contributed by atoms with Crippen LogP contribution in [0.3, 0.4) is 0 Å². The molecule has 0 aromatic heterocycles. The Morgan fingerprint density at radius 2 is 1.94 bits per heavy atom. The van der Waals surface area contributed by atoms with Crippen molar-refractivity contribution in [2.24, 2.45) is 0 Å². The second-order valence-electron chi connectivity index (χ2n) is 4.31. The van der Waals surface area contributed by atoms with Gasteiger partial charge in [0.05, 0.1) is 6.26 Å².